The summed E-state index contributed by atoms with van der Waals surface area (Å²) < 4.78 is 5.52. The molecule has 0 saturated carbocycles. The third-order valence-corrected chi connectivity index (χ3v) is 3.15. The number of ether oxygens (including phenoxy) is 1. The molecule has 1 atom stereocenters. The molecule has 0 radical (unpaired) electrons. The molecule has 0 heterocycles. The van der Waals surface area contributed by atoms with Crippen molar-refractivity contribution < 1.29 is 19.4 Å². The Morgan fingerprint density at radius 2 is 2.05 bits per heavy atom. The zero-order valence-electron chi connectivity index (χ0n) is 12.9. The second kappa shape index (κ2) is 9.60. The molecule has 0 aromatic heterocycles. The molecule has 0 aliphatic rings. The van der Waals surface area contributed by atoms with Gasteiger partial charge in [0.1, 0.15) is 11.8 Å². The number of hydrogen-bond donors (Lipinski definition) is 2. The average Bonchev–Trinajstić information content (AvgIpc) is 2.51. The molecule has 1 amide bonds. The number of rotatable bonds is 10. The van der Waals surface area contributed by atoms with Crippen molar-refractivity contribution in [2.24, 2.45) is 0 Å². The summed E-state index contributed by atoms with van der Waals surface area (Å²) >= 11 is 0. The van der Waals surface area contributed by atoms with Gasteiger partial charge in [0.05, 0.1) is 6.61 Å². The zero-order chi connectivity index (χ0) is 16.4. The first-order valence-electron chi connectivity index (χ1n) is 7.46. The smallest absolute Gasteiger partial charge is 0.326 e. The van der Waals surface area contributed by atoms with Crippen molar-refractivity contribution in [2.45, 2.75) is 38.6 Å². The predicted octanol–water partition coefficient (Wildman–Crippen LogP) is 3.01. The number of allylic oxidation sites excluding steroid dienone is 1. The Hall–Kier alpha value is -2.30. The van der Waals surface area contributed by atoms with Crippen LogP contribution in [0.2, 0.25) is 0 Å². The van der Waals surface area contributed by atoms with Crippen molar-refractivity contribution >= 4 is 11.9 Å². The highest BCUT2D eigenvalue weighted by atomic mass is 16.5. The van der Waals surface area contributed by atoms with E-state index < -0.39 is 17.9 Å². The Labute approximate surface area is 131 Å². The van der Waals surface area contributed by atoms with E-state index in [1.165, 1.54) is 0 Å². The standard InChI is InChI=1S/C17H23NO4/c1-3-5-7-15(17(20)21)18-16(19)13-8-10-14(11-9-13)22-12-6-4-2/h3,8-11,15H,1,4-7,12H2,2H3,(H,18,19)(H,20,21). The topological polar surface area (TPSA) is 75.6 Å². The van der Waals surface area contributed by atoms with E-state index in [1.807, 2.05) is 0 Å². The van der Waals surface area contributed by atoms with Gasteiger partial charge in [0.15, 0.2) is 0 Å². The Bertz CT molecular complexity index is 496. The molecule has 5 nitrogen and oxygen atoms in total. The highest BCUT2D eigenvalue weighted by Crippen LogP contribution is 2.13. The second-order valence-corrected chi connectivity index (χ2v) is 4.96. The molecule has 120 valence electrons. The molecule has 0 bridgehead atoms. The Balaban J connectivity index is 2.60. The van der Waals surface area contributed by atoms with Crippen molar-refractivity contribution in [3.8, 4) is 5.75 Å². The van der Waals surface area contributed by atoms with E-state index >= 15 is 0 Å². The van der Waals surface area contributed by atoms with E-state index in [-0.39, 0.29) is 0 Å². The van der Waals surface area contributed by atoms with Gasteiger partial charge in [-0.25, -0.2) is 4.79 Å². The molecular formula is C17H23NO4. The van der Waals surface area contributed by atoms with Gasteiger partial charge < -0.3 is 15.2 Å². The van der Waals surface area contributed by atoms with E-state index in [0.717, 1.165) is 12.8 Å². The van der Waals surface area contributed by atoms with Gasteiger partial charge in [-0.05, 0) is 43.5 Å². The SMILES string of the molecule is C=CCCC(NC(=O)c1ccc(OCCCC)cc1)C(=O)O. The number of carbonyl (C=O) groups is 2. The van der Waals surface area contributed by atoms with Crippen LogP contribution in [-0.4, -0.2) is 29.6 Å². The summed E-state index contributed by atoms with van der Waals surface area (Å²) in [5, 5.41) is 11.6. The minimum Gasteiger partial charge on any atom is -0.494 e. The molecule has 0 fully saturated rings. The lowest BCUT2D eigenvalue weighted by atomic mass is 10.1. The Morgan fingerprint density at radius 3 is 2.59 bits per heavy atom. The van der Waals surface area contributed by atoms with Crippen molar-refractivity contribution in [3.05, 3.63) is 42.5 Å². The number of benzene rings is 1. The monoisotopic (exact) mass is 305 g/mol. The van der Waals surface area contributed by atoms with Crippen LogP contribution in [0.5, 0.6) is 5.75 Å². The number of carboxylic acid groups (broad SMARTS) is 1. The van der Waals surface area contributed by atoms with E-state index in [0.29, 0.717) is 30.8 Å². The van der Waals surface area contributed by atoms with Gasteiger partial charge in [0.2, 0.25) is 0 Å². The first-order chi connectivity index (χ1) is 10.6. The molecule has 1 unspecified atom stereocenters. The van der Waals surface area contributed by atoms with Crippen LogP contribution in [0.4, 0.5) is 0 Å². The van der Waals surface area contributed by atoms with Gasteiger partial charge in [-0.2, -0.15) is 0 Å². The zero-order valence-corrected chi connectivity index (χ0v) is 12.9. The summed E-state index contributed by atoms with van der Waals surface area (Å²) in [6.07, 6.45) is 4.52. The minimum atomic E-state index is -1.05. The van der Waals surface area contributed by atoms with Crippen LogP contribution in [0, 0.1) is 0 Å². The molecule has 1 rings (SSSR count). The van der Waals surface area contributed by atoms with Crippen LogP contribution >= 0.6 is 0 Å². The fourth-order valence-corrected chi connectivity index (χ4v) is 1.82. The Kier molecular flexibility index (Phi) is 7.75. The van der Waals surface area contributed by atoms with Gasteiger partial charge in [-0.3, -0.25) is 4.79 Å². The van der Waals surface area contributed by atoms with Crippen LogP contribution in [0.3, 0.4) is 0 Å². The highest BCUT2D eigenvalue weighted by molar-refractivity contribution is 5.96. The lowest BCUT2D eigenvalue weighted by Gasteiger charge is -2.14. The summed E-state index contributed by atoms with van der Waals surface area (Å²) in [5.41, 5.74) is 0.410. The molecule has 0 spiro atoms. The lowest BCUT2D eigenvalue weighted by molar-refractivity contribution is -0.139. The molecule has 2 N–H and O–H groups in total. The van der Waals surface area contributed by atoms with Gasteiger partial charge in [0, 0.05) is 5.56 Å². The van der Waals surface area contributed by atoms with Crippen LogP contribution in [0.1, 0.15) is 43.0 Å². The number of unbranched alkanes of at least 4 members (excludes halogenated alkanes) is 1. The molecular weight excluding hydrogens is 282 g/mol. The Morgan fingerprint density at radius 1 is 1.36 bits per heavy atom. The molecule has 0 saturated heterocycles. The average molecular weight is 305 g/mol. The van der Waals surface area contributed by atoms with Gasteiger partial charge in [0.25, 0.3) is 5.91 Å². The maximum atomic E-state index is 12.1. The predicted molar refractivity (Wildman–Crippen MR) is 85.2 cm³/mol. The van der Waals surface area contributed by atoms with Crippen LogP contribution in [0.15, 0.2) is 36.9 Å². The molecule has 0 aliphatic carbocycles. The highest BCUT2D eigenvalue weighted by Gasteiger charge is 2.19. The summed E-state index contributed by atoms with van der Waals surface area (Å²) in [7, 11) is 0. The third kappa shape index (κ3) is 5.99. The summed E-state index contributed by atoms with van der Waals surface area (Å²) in [6, 6.07) is 5.77. The summed E-state index contributed by atoms with van der Waals surface area (Å²) in [6.45, 7) is 6.28. The largest absolute Gasteiger partial charge is 0.494 e. The van der Waals surface area contributed by atoms with Gasteiger partial charge in [-0.15, -0.1) is 6.58 Å². The lowest BCUT2D eigenvalue weighted by Crippen LogP contribution is -2.40. The third-order valence-electron chi connectivity index (χ3n) is 3.15. The molecule has 0 aliphatic heterocycles. The summed E-state index contributed by atoms with van der Waals surface area (Å²) in [5.74, 6) is -0.752. The van der Waals surface area contributed by atoms with Gasteiger partial charge in [-0.1, -0.05) is 19.4 Å². The maximum absolute atomic E-state index is 12.1. The first kappa shape index (κ1) is 17.8. The van der Waals surface area contributed by atoms with E-state index in [9.17, 15) is 9.59 Å². The fraction of sp³-hybridized carbons (Fsp3) is 0.412. The molecule has 5 heteroatoms. The first-order valence-corrected chi connectivity index (χ1v) is 7.46. The molecule has 1 aromatic carbocycles. The molecule has 22 heavy (non-hydrogen) atoms. The van der Waals surface area contributed by atoms with Crippen LogP contribution in [-0.2, 0) is 4.79 Å². The van der Waals surface area contributed by atoms with Crippen LogP contribution in [0.25, 0.3) is 0 Å². The van der Waals surface area contributed by atoms with Crippen LogP contribution < -0.4 is 10.1 Å². The number of hydrogen-bond acceptors (Lipinski definition) is 3. The van der Waals surface area contributed by atoms with E-state index in [4.69, 9.17) is 9.84 Å². The molecule has 1 aromatic rings. The van der Waals surface area contributed by atoms with E-state index in [2.05, 4.69) is 18.8 Å². The second-order valence-electron chi connectivity index (χ2n) is 4.96. The number of carboxylic acids is 1. The van der Waals surface area contributed by atoms with Crippen molar-refractivity contribution in [1.82, 2.24) is 5.32 Å². The van der Waals surface area contributed by atoms with Gasteiger partial charge >= 0.3 is 5.97 Å². The normalized spacial score (nSPS) is 11.5. The number of carbonyl (C=O) groups excluding carboxylic acids is 1. The quantitative estimate of drug-likeness (QED) is 0.514. The van der Waals surface area contributed by atoms with Crippen molar-refractivity contribution in [1.29, 1.82) is 0 Å². The summed E-state index contributed by atoms with van der Waals surface area (Å²) in [4.78, 5) is 23.2. The van der Waals surface area contributed by atoms with Crippen molar-refractivity contribution in [3.63, 3.8) is 0 Å². The fourth-order valence-electron chi connectivity index (χ4n) is 1.82. The number of aliphatic carboxylic acids is 1. The van der Waals surface area contributed by atoms with Crippen molar-refractivity contribution in [2.75, 3.05) is 6.61 Å². The number of nitrogens with one attached hydrogen (secondary N) is 1. The minimum absolute atomic E-state index is 0.322. The number of amides is 1. The maximum Gasteiger partial charge on any atom is 0.326 e. The van der Waals surface area contributed by atoms with E-state index in [1.54, 1.807) is 30.3 Å².